The number of carbonyl (C=O) groups is 1. The van der Waals surface area contributed by atoms with Gasteiger partial charge in [-0.25, -0.2) is 4.98 Å². The average molecular weight is 478 g/mol. The second-order valence-electron chi connectivity index (χ2n) is 8.58. The maximum absolute atomic E-state index is 13.6. The van der Waals surface area contributed by atoms with Gasteiger partial charge in [-0.2, -0.15) is 0 Å². The van der Waals surface area contributed by atoms with E-state index in [1.165, 1.54) is 35.1 Å². The minimum Gasteiger partial charge on any atom is -0.339 e. The predicted molar refractivity (Wildman–Crippen MR) is 137 cm³/mol. The number of nitrogens with zero attached hydrogens (tertiary/aromatic N) is 3. The van der Waals surface area contributed by atoms with Crippen LogP contribution in [0.1, 0.15) is 31.7 Å². The van der Waals surface area contributed by atoms with Crippen LogP contribution >= 0.6 is 23.1 Å². The summed E-state index contributed by atoms with van der Waals surface area (Å²) in [4.78, 5) is 33.5. The van der Waals surface area contributed by atoms with Gasteiger partial charge in [-0.1, -0.05) is 60.3 Å². The maximum Gasteiger partial charge on any atom is 0.272 e. The van der Waals surface area contributed by atoms with Crippen LogP contribution < -0.4 is 5.56 Å². The van der Waals surface area contributed by atoms with Gasteiger partial charge in [-0.3, -0.25) is 14.2 Å². The molecule has 33 heavy (non-hydrogen) atoms. The smallest absolute Gasteiger partial charge is 0.272 e. The van der Waals surface area contributed by atoms with Crippen molar-refractivity contribution in [3.05, 3.63) is 70.5 Å². The van der Waals surface area contributed by atoms with Gasteiger partial charge in [0.2, 0.25) is 5.91 Å². The van der Waals surface area contributed by atoms with Crippen molar-refractivity contribution in [2.75, 3.05) is 12.3 Å². The Bertz CT molecular complexity index is 1350. The number of hydrogen-bond acceptors (Lipinski definition) is 5. The van der Waals surface area contributed by atoms with Gasteiger partial charge < -0.3 is 4.90 Å². The molecule has 0 unspecified atom stereocenters. The number of amides is 1. The van der Waals surface area contributed by atoms with Gasteiger partial charge in [-0.05, 0) is 44.2 Å². The van der Waals surface area contributed by atoms with E-state index in [0.29, 0.717) is 22.2 Å². The van der Waals surface area contributed by atoms with Gasteiger partial charge in [0.25, 0.3) is 5.56 Å². The van der Waals surface area contributed by atoms with Crippen LogP contribution in [0.2, 0.25) is 0 Å². The number of aryl methyl sites for hydroxylation is 1. The first kappa shape index (κ1) is 22.2. The van der Waals surface area contributed by atoms with E-state index in [4.69, 9.17) is 4.98 Å². The third-order valence-corrected chi connectivity index (χ3v) is 8.47. The van der Waals surface area contributed by atoms with Crippen molar-refractivity contribution in [1.29, 1.82) is 0 Å². The van der Waals surface area contributed by atoms with E-state index in [-0.39, 0.29) is 17.5 Å². The van der Waals surface area contributed by atoms with Gasteiger partial charge in [-0.15, -0.1) is 11.3 Å². The molecular formula is C26H27N3O2S2. The van der Waals surface area contributed by atoms with E-state index in [1.54, 1.807) is 4.57 Å². The molecule has 0 saturated carbocycles. The summed E-state index contributed by atoms with van der Waals surface area (Å²) in [6.07, 6.45) is 4.04. The van der Waals surface area contributed by atoms with Crippen LogP contribution in [0.15, 0.2) is 64.5 Å². The number of piperidine rings is 1. The molecule has 0 bridgehead atoms. The molecule has 5 nitrogen and oxygen atoms in total. The van der Waals surface area contributed by atoms with Crippen molar-refractivity contribution in [3.63, 3.8) is 0 Å². The molecule has 0 spiro atoms. The van der Waals surface area contributed by atoms with Crippen LogP contribution in [-0.2, 0) is 17.8 Å². The third kappa shape index (κ3) is 4.57. The van der Waals surface area contributed by atoms with Crippen LogP contribution in [-0.4, -0.2) is 38.7 Å². The number of aromatic nitrogens is 2. The molecule has 170 valence electrons. The minimum absolute atomic E-state index is 0.0154. The van der Waals surface area contributed by atoms with Crippen LogP contribution in [0.4, 0.5) is 0 Å². The highest BCUT2D eigenvalue weighted by Gasteiger charge is 2.24. The largest absolute Gasteiger partial charge is 0.339 e. The van der Waals surface area contributed by atoms with Crippen LogP contribution in [0.5, 0.6) is 0 Å². The number of likely N-dealkylation sites (tertiary alicyclic amines) is 1. The normalized spacial score (nSPS) is 16.5. The Balaban J connectivity index is 1.49. The fraction of sp³-hybridized carbons (Fsp3) is 0.346. The molecule has 0 N–H and O–H groups in total. The highest BCUT2D eigenvalue weighted by atomic mass is 32.2. The Morgan fingerprint density at radius 1 is 1.12 bits per heavy atom. The fourth-order valence-electron chi connectivity index (χ4n) is 4.52. The van der Waals surface area contributed by atoms with Gasteiger partial charge in [0.05, 0.1) is 11.3 Å². The lowest BCUT2D eigenvalue weighted by Gasteiger charge is -2.33. The first-order chi connectivity index (χ1) is 16.1. The molecule has 0 aliphatic carbocycles. The second kappa shape index (κ2) is 9.69. The Morgan fingerprint density at radius 3 is 2.73 bits per heavy atom. The number of rotatable bonds is 6. The highest BCUT2D eigenvalue weighted by molar-refractivity contribution is 7.99. The van der Waals surface area contributed by atoms with E-state index in [1.807, 2.05) is 47.4 Å². The Morgan fingerprint density at radius 2 is 1.91 bits per heavy atom. The number of carbonyl (C=O) groups excluding carboxylic acids is 1. The van der Waals surface area contributed by atoms with E-state index in [0.717, 1.165) is 41.4 Å². The summed E-state index contributed by atoms with van der Waals surface area (Å²) in [5.74, 6) is 0.432. The average Bonchev–Trinajstić information content (AvgIpc) is 3.22. The Labute approximate surface area is 201 Å². The lowest BCUT2D eigenvalue weighted by molar-refractivity contribution is -0.131. The monoisotopic (exact) mass is 477 g/mol. The number of hydrogen-bond donors (Lipinski definition) is 0. The molecule has 1 aliphatic heterocycles. The first-order valence-electron chi connectivity index (χ1n) is 11.5. The fourth-order valence-corrected chi connectivity index (χ4v) is 6.52. The molecule has 1 saturated heterocycles. The summed E-state index contributed by atoms with van der Waals surface area (Å²) in [6.45, 7) is 3.49. The molecule has 2 aromatic carbocycles. The summed E-state index contributed by atoms with van der Waals surface area (Å²) < 4.78 is 3.51. The quantitative estimate of drug-likeness (QED) is 0.278. The topological polar surface area (TPSA) is 55.2 Å². The van der Waals surface area contributed by atoms with Crippen LogP contribution in [0.3, 0.4) is 0 Å². The lowest BCUT2D eigenvalue weighted by atomic mass is 10.0. The van der Waals surface area contributed by atoms with Gasteiger partial charge >= 0.3 is 0 Å². The van der Waals surface area contributed by atoms with Gasteiger partial charge in [0.1, 0.15) is 4.70 Å². The first-order valence-corrected chi connectivity index (χ1v) is 13.3. The van der Waals surface area contributed by atoms with E-state index in [9.17, 15) is 9.59 Å². The number of fused-ring (bicyclic) bond motifs is 3. The van der Waals surface area contributed by atoms with E-state index >= 15 is 0 Å². The van der Waals surface area contributed by atoms with E-state index in [2.05, 4.69) is 19.1 Å². The SMILES string of the molecule is C[C@@H]1CCCCN1C(=O)CSc1nc2c(sc3ccccc32)c(=O)n1CCc1ccccc1. The standard InChI is InChI=1S/C26H27N3O2S2/c1-18-9-7-8-15-28(18)22(30)17-32-26-27-23-20-12-5-6-13-21(20)33-24(23)25(31)29(26)16-14-19-10-3-2-4-11-19/h2-6,10-13,18H,7-9,14-17H2,1H3/t18-/m1/s1. The number of thioether (sulfide) groups is 1. The lowest BCUT2D eigenvalue weighted by Crippen LogP contribution is -2.43. The van der Waals surface area contributed by atoms with Crippen molar-refractivity contribution in [2.24, 2.45) is 0 Å². The molecule has 1 fully saturated rings. The van der Waals surface area contributed by atoms with Crippen molar-refractivity contribution >= 4 is 49.3 Å². The third-order valence-electron chi connectivity index (χ3n) is 6.36. The van der Waals surface area contributed by atoms with Crippen molar-refractivity contribution in [1.82, 2.24) is 14.5 Å². The van der Waals surface area contributed by atoms with Crippen molar-refractivity contribution in [3.8, 4) is 0 Å². The molecule has 1 amide bonds. The van der Waals surface area contributed by atoms with Gasteiger partial charge in [0, 0.05) is 29.2 Å². The second-order valence-corrected chi connectivity index (χ2v) is 10.6. The summed E-state index contributed by atoms with van der Waals surface area (Å²) in [6, 6.07) is 18.5. The summed E-state index contributed by atoms with van der Waals surface area (Å²) in [5.41, 5.74) is 1.91. The predicted octanol–water partition coefficient (Wildman–Crippen LogP) is 5.35. The molecular weight excluding hydrogens is 450 g/mol. The molecule has 4 aromatic rings. The van der Waals surface area contributed by atoms with Crippen LogP contribution in [0.25, 0.3) is 20.3 Å². The molecule has 1 atom stereocenters. The Hall–Kier alpha value is -2.64. The number of thiophene rings is 1. The van der Waals surface area contributed by atoms with Crippen LogP contribution in [0, 0.1) is 0 Å². The number of benzene rings is 2. The van der Waals surface area contributed by atoms with Gasteiger partial charge in [0.15, 0.2) is 5.16 Å². The molecule has 5 rings (SSSR count). The summed E-state index contributed by atoms with van der Waals surface area (Å²) in [7, 11) is 0. The molecule has 1 aliphatic rings. The summed E-state index contributed by atoms with van der Waals surface area (Å²) in [5, 5.41) is 1.63. The zero-order chi connectivity index (χ0) is 22.8. The molecule has 3 heterocycles. The maximum atomic E-state index is 13.6. The summed E-state index contributed by atoms with van der Waals surface area (Å²) >= 11 is 2.89. The van der Waals surface area contributed by atoms with E-state index < -0.39 is 0 Å². The Kier molecular flexibility index (Phi) is 6.51. The molecule has 2 aromatic heterocycles. The van der Waals surface area contributed by atoms with Crippen molar-refractivity contribution in [2.45, 2.75) is 50.4 Å². The zero-order valence-electron chi connectivity index (χ0n) is 18.7. The zero-order valence-corrected chi connectivity index (χ0v) is 20.3. The molecule has 7 heteroatoms. The molecule has 0 radical (unpaired) electrons. The highest BCUT2D eigenvalue weighted by Crippen LogP contribution is 2.32. The minimum atomic E-state index is -0.0154. The van der Waals surface area contributed by atoms with Crippen molar-refractivity contribution < 1.29 is 4.79 Å².